The van der Waals surface area contributed by atoms with E-state index in [9.17, 15) is 4.79 Å². The molecule has 0 spiro atoms. The van der Waals surface area contributed by atoms with Gasteiger partial charge in [0, 0.05) is 12.1 Å². The zero-order valence-corrected chi connectivity index (χ0v) is 8.45. The fourth-order valence-electron chi connectivity index (χ4n) is 1.14. The van der Waals surface area contributed by atoms with Gasteiger partial charge in [-0.3, -0.25) is 4.79 Å². The molecule has 0 heterocycles. The lowest BCUT2D eigenvalue weighted by Gasteiger charge is -2.18. The second kappa shape index (κ2) is 4.19. The first-order chi connectivity index (χ1) is 6.50. The molecule has 0 aliphatic heterocycles. The molecule has 0 amide bonds. The third-order valence-corrected chi connectivity index (χ3v) is 2.01. The normalized spacial score (nSPS) is 9.86. The summed E-state index contributed by atoms with van der Waals surface area (Å²) in [6, 6.07) is 4.95. The van der Waals surface area contributed by atoms with E-state index in [0.29, 0.717) is 16.4 Å². The lowest BCUT2D eigenvalue weighted by Crippen LogP contribution is -2.25. The number of carboxylic acid groups (broad SMARTS) is 1. The third-order valence-electron chi connectivity index (χ3n) is 1.78. The maximum atomic E-state index is 10.5. The van der Waals surface area contributed by atoms with E-state index in [-0.39, 0.29) is 6.54 Å². The molecule has 1 aromatic rings. The predicted molar refractivity (Wildman–Crippen MR) is 56.8 cm³/mol. The standard InChI is InChI=1S/C9H11ClN2O2/c1-12(5-9(13)14)8-4-6(10)2-3-7(8)11/h2-4H,5,11H2,1H3,(H,13,14). The van der Waals surface area contributed by atoms with E-state index in [1.165, 1.54) is 4.90 Å². The summed E-state index contributed by atoms with van der Waals surface area (Å²) in [5, 5.41) is 9.12. The highest BCUT2D eigenvalue weighted by Gasteiger charge is 2.08. The van der Waals surface area contributed by atoms with Gasteiger partial charge in [0.15, 0.2) is 0 Å². The minimum atomic E-state index is -0.910. The molecule has 0 aromatic heterocycles. The van der Waals surface area contributed by atoms with Crippen LogP contribution in [0.1, 0.15) is 0 Å². The molecule has 4 nitrogen and oxygen atoms in total. The number of hydrogen-bond acceptors (Lipinski definition) is 3. The Balaban J connectivity index is 2.93. The Morgan fingerprint density at radius 2 is 2.29 bits per heavy atom. The highest BCUT2D eigenvalue weighted by molar-refractivity contribution is 6.31. The summed E-state index contributed by atoms with van der Waals surface area (Å²) in [5.74, 6) is -0.910. The highest BCUT2D eigenvalue weighted by Crippen LogP contribution is 2.25. The van der Waals surface area contributed by atoms with Gasteiger partial charge in [0.2, 0.25) is 0 Å². The van der Waals surface area contributed by atoms with Crippen LogP contribution >= 0.6 is 11.6 Å². The van der Waals surface area contributed by atoms with E-state index >= 15 is 0 Å². The van der Waals surface area contributed by atoms with Crippen LogP contribution in [0.3, 0.4) is 0 Å². The average molecular weight is 215 g/mol. The van der Waals surface area contributed by atoms with Gasteiger partial charge in [-0.1, -0.05) is 11.6 Å². The lowest BCUT2D eigenvalue weighted by molar-refractivity contribution is -0.135. The molecule has 1 aromatic carbocycles. The quantitative estimate of drug-likeness (QED) is 0.748. The molecule has 3 N–H and O–H groups in total. The van der Waals surface area contributed by atoms with Gasteiger partial charge in [0.05, 0.1) is 11.4 Å². The van der Waals surface area contributed by atoms with Gasteiger partial charge in [0.1, 0.15) is 6.54 Å². The molecule has 0 radical (unpaired) electrons. The summed E-state index contributed by atoms with van der Waals surface area (Å²) < 4.78 is 0. The average Bonchev–Trinajstić information content (AvgIpc) is 2.08. The third kappa shape index (κ3) is 2.53. The van der Waals surface area contributed by atoms with Gasteiger partial charge in [-0.25, -0.2) is 0 Å². The van der Waals surface area contributed by atoms with Crippen LogP contribution in [0.5, 0.6) is 0 Å². The first-order valence-electron chi connectivity index (χ1n) is 3.98. The number of anilines is 2. The summed E-state index contributed by atoms with van der Waals surface area (Å²) in [4.78, 5) is 12.0. The minimum Gasteiger partial charge on any atom is -0.480 e. The van der Waals surface area contributed by atoms with E-state index in [0.717, 1.165) is 0 Å². The number of rotatable bonds is 3. The van der Waals surface area contributed by atoms with Gasteiger partial charge in [-0.15, -0.1) is 0 Å². The topological polar surface area (TPSA) is 66.6 Å². The predicted octanol–water partition coefficient (Wildman–Crippen LogP) is 1.44. The summed E-state index contributed by atoms with van der Waals surface area (Å²) >= 11 is 5.77. The number of likely N-dealkylation sites (N-methyl/N-ethyl adjacent to an activating group) is 1. The van der Waals surface area contributed by atoms with E-state index in [1.807, 2.05) is 0 Å². The van der Waals surface area contributed by atoms with E-state index in [4.69, 9.17) is 22.4 Å². The summed E-state index contributed by atoms with van der Waals surface area (Å²) in [6.07, 6.45) is 0. The van der Waals surface area contributed by atoms with Crippen molar-refractivity contribution < 1.29 is 9.90 Å². The Kier molecular flexibility index (Phi) is 3.19. The Bertz CT molecular complexity index is 355. The second-order valence-corrected chi connectivity index (χ2v) is 3.39. The minimum absolute atomic E-state index is 0.107. The van der Waals surface area contributed by atoms with Gasteiger partial charge < -0.3 is 15.7 Å². The molecule has 0 bridgehead atoms. The number of nitrogen functional groups attached to an aromatic ring is 1. The smallest absolute Gasteiger partial charge is 0.323 e. The van der Waals surface area contributed by atoms with Crippen LogP contribution in [-0.2, 0) is 4.79 Å². The van der Waals surface area contributed by atoms with E-state index in [1.54, 1.807) is 25.2 Å². The zero-order valence-electron chi connectivity index (χ0n) is 7.70. The van der Waals surface area contributed by atoms with Crippen molar-refractivity contribution in [2.24, 2.45) is 0 Å². The number of carbonyl (C=O) groups is 1. The number of carboxylic acids is 1. The van der Waals surface area contributed by atoms with Crippen molar-refractivity contribution in [1.29, 1.82) is 0 Å². The van der Waals surface area contributed by atoms with E-state index in [2.05, 4.69) is 0 Å². The molecule has 0 unspecified atom stereocenters. The SMILES string of the molecule is CN(CC(=O)O)c1cc(Cl)ccc1N. The van der Waals surface area contributed by atoms with Crippen LogP contribution in [0.25, 0.3) is 0 Å². The molecular weight excluding hydrogens is 204 g/mol. The Hall–Kier alpha value is -1.42. The summed E-state index contributed by atoms with van der Waals surface area (Å²) in [7, 11) is 1.65. The monoisotopic (exact) mass is 214 g/mol. The number of hydrogen-bond donors (Lipinski definition) is 2. The van der Waals surface area contributed by atoms with Gasteiger partial charge in [-0.05, 0) is 18.2 Å². The molecule has 0 fully saturated rings. The highest BCUT2D eigenvalue weighted by atomic mass is 35.5. The van der Waals surface area contributed by atoms with Gasteiger partial charge in [0.25, 0.3) is 0 Å². The number of benzene rings is 1. The largest absolute Gasteiger partial charge is 0.480 e. The van der Waals surface area contributed by atoms with Crippen LogP contribution in [0.15, 0.2) is 18.2 Å². The number of halogens is 1. The first kappa shape index (κ1) is 10.7. The van der Waals surface area contributed by atoms with Crippen LogP contribution in [-0.4, -0.2) is 24.7 Å². The van der Waals surface area contributed by atoms with Crippen molar-refractivity contribution in [2.75, 3.05) is 24.2 Å². The molecule has 0 atom stereocenters. The lowest BCUT2D eigenvalue weighted by atomic mass is 10.2. The zero-order chi connectivity index (χ0) is 10.7. The Morgan fingerprint density at radius 3 is 2.86 bits per heavy atom. The maximum Gasteiger partial charge on any atom is 0.323 e. The molecule has 1 rings (SSSR count). The number of aliphatic carboxylic acids is 1. The van der Waals surface area contributed by atoms with Crippen molar-refractivity contribution in [3.05, 3.63) is 23.2 Å². The number of nitrogens with zero attached hydrogens (tertiary/aromatic N) is 1. The molecule has 76 valence electrons. The second-order valence-electron chi connectivity index (χ2n) is 2.95. The Labute approximate surface area is 86.9 Å². The van der Waals surface area contributed by atoms with Crippen molar-refractivity contribution in [1.82, 2.24) is 0 Å². The maximum absolute atomic E-state index is 10.5. The van der Waals surface area contributed by atoms with Crippen molar-refractivity contribution in [3.63, 3.8) is 0 Å². The molecular formula is C9H11ClN2O2. The Morgan fingerprint density at radius 1 is 1.64 bits per heavy atom. The van der Waals surface area contributed by atoms with Crippen molar-refractivity contribution >= 4 is 28.9 Å². The van der Waals surface area contributed by atoms with Crippen LogP contribution < -0.4 is 10.6 Å². The van der Waals surface area contributed by atoms with Crippen molar-refractivity contribution in [3.8, 4) is 0 Å². The summed E-state index contributed by atoms with van der Waals surface area (Å²) in [5.41, 5.74) is 6.81. The first-order valence-corrected chi connectivity index (χ1v) is 4.36. The summed E-state index contributed by atoms with van der Waals surface area (Å²) in [6.45, 7) is -0.107. The van der Waals surface area contributed by atoms with Crippen LogP contribution in [0, 0.1) is 0 Å². The molecule has 5 heteroatoms. The fraction of sp³-hybridized carbons (Fsp3) is 0.222. The molecule has 0 aliphatic carbocycles. The molecule has 0 saturated carbocycles. The van der Waals surface area contributed by atoms with Crippen LogP contribution in [0.2, 0.25) is 5.02 Å². The van der Waals surface area contributed by atoms with Crippen LogP contribution in [0.4, 0.5) is 11.4 Å². The van der Waals surface area contributed by atoms with Crippen molar-refractivity contribution in [2.45, 2.75) is 0 Å². The van der Waals surface area contributed by atoms with Gasteiger partial charge in [-0.2, -0.15) is 0 Å². The van der Waals surface area contributed by atoms with E-state index < -0.39 is 5.97 Å². The fourth-order valence-corrected chi connectivity index (χ4v) is 1.30. The molecule has 14 heavy (non-hydrogen) atoms. The van der Waals surface area contributed by atoms with Gasteiger partial charge >= 0.3 is 5.97 Å². The molecule has 0 aliphatic rings. The molecule has 0 saturated heterocycles. The number of nitrogens with two attached hydrogens (primary N) is 1.